The van der Waals surface area contributed by atoms with Crippen LogP contribution in [-0.2, 0) is 9.59 Å². The maximum Gasteiger partial charge on any atom is 0.407 e. The van der Waals surface area contributed by atoms with Crippen LogP contribution in [0.2, 0.25) is 0 Å². The van der Waals surface area contributed by atoms with Gasteiger partial charge < -0.3 is 19.8 Å². The first-order chi connectivity index (χ1) is 15.5. The Balaban J connectivity index is 1.39. The molecular weight excluding hydrogens is 412 g/mol. The van der Waals surface area contributed by atoms with Crippen molar-refractivity contribution in [3.8, 4) is 0 Å². The fourth-order valence-electron chi connectivity index (χ4n) is 5.25. The van der Waals surface area contributed by atoms with Crippen LogP contribution < -0.4 is 10.4 Å². The van der Waals surface area contributed by atoms with Crippen molar-refractivity contribution in [3.63, 3.8) is 0 Å². The van der Waals surface area contributed by atoms with Crippen LogP contribution in [0.4, 0.5) is 10.5 Å². The Labute approximate surface area is 187 Å². The molecule has 0 radical (unpaired) electrons. The molecule has 4 rings (SSSR count). The van der Waals surface area contributed by atoms with Gasteiger partial charge in [0.25, 0.3) is 0 Å². The molecule has 9 heteroatoms. The summed E-state index contributed by atoms with van der Waals surface area (Å²) in [4.78, 5) is 42.5. The van der Waals surface area contributed by atoms with Crippen LogP contribution in [0.3, 0.4) is 0 Å². The second kappa shape index (κ2) is 9.60. The zero-order chi connectivity index (χ0) is 22.7. The summed E-state index contributed by atoms with van der Waals surface area (Å²) >= 11 is 0. The van der Waals surface area contributed by atoms with Gasteiger partial charge in [-0.2, -0.15) is 0 Å². The number of carbonyl (C=O) groups excluding carboxylic acids is 2. The topological polar surface area (TPSA) is 113 Å². The van der Waals surface area contributed by atoms with Gasteiger partial charge in [0.15, 0.2) is 0 Å². The first kappa shape index (κ1) is 22.1. The molecule has 3 N–H and O–H groups in total. The number of piperazine rings is 1. The van der Waals surface area contributed by atoms with Crippen LogP contribution in [0.15, 0.2) is 42.0 Å². The largest absolute Gasteiger partial charge is 0.465 e. The lowest BCUT2D eigenvalue weighted by Crippen LogP contribution is -2.53. The van der Waals surface area contributed by atoms with Gasteiger partial charge in [0.2, 0.25) is 11.8 Å². The van der Waals surface area contributed by atoms with Crippen molar-refractivity contribution in [2.45, 2.75) is 19.3 Å². The highest BCUT2D eigenvalue weighted by molar-refractivity contribution is 5.87. The molecule has 1 saturated carbocycles. The van der Waals surface area contributed by atoms with Crippen LogP contribution in [0.1, 0.15) is 19.3 Å². The lowest BCUT2D eigenvalue weighted by atomic mass is 9.70. The van der Waals surface area contributed by atoms with Crippen molar-refractivity contribution in [2.24, 2.45) is 17.8 Å². The van der Waals surface area contributed by atoms with Crippen molar-refractivity contribution >= 4 is 23.6 Å². The number of amides is 3. The molecule has 1 aliphatic carbocycles. The second-order valence-electron chi connectivity index (χ2n) is 8.79. The van der Waals surface area contributed by atoms with Crippen molar-refractivity contribution < 1.29 is 24.7 Å². The van der Waals surface area contributed by atoms with Gasteiger partial charge in [-0.1, -0.05) is 24.3 Å². The number of para-hydroxylation sites is 1. The van der Waals surface area contributed by atoms with E-state index in [1.165, 1.54) is 4.90 Å². The summed E-state index contributed by atoms with van der Waals surface area (Å²) in [5.41, 5.74) is 3.89. The molecule has 2 aliphatic heterocycles. The first-order valence-electron chi connectivity index (χ1n) is 11.2. The highest BCUT2D eigenvalue weighted by atomic mass is 16.5. The fourth-order valence-corrected chi connectivity index (χ4v) is 5.25. The second-order valence-corrected chi connectivity index (χ2v) is 8.79. The first-order valence-corrected chi connectivity index (χ1v) is 11.2. The summed E-state index contributed by atoms with van der Waals surface area (Å²) in [6, 6.07) is 10.1. The highest BCUT2D eigenvalue weighted by Gasteiger charge is 2.42. The smallest absolute Gasteiger partial charge is 0.407 e. The van der Waals surface area contributed by atoms with E-state index in [9.17, 15) is 24.7 Å². The van der Waals surface area contributed by atoms with Crippen LogP contribution in [0.25, 0.3) is 0 Å². The lowest BCUT2D eigenvalue weighted by Gasteiger charge is -2.41. The molecule has 0 bridgehead atoms. The van der Waals surface area contributed by atoms with Gasteiger partial charge in [0.1, 0.15) is 0 Å². The number of benzene rings is 1. The summed E-state index contributed by atoms with van der Waals surface area (Å²) in [6.45, 7) is 3.36. The fraction of sp³-hybridized carbons (Fsp3) is 0.522. The SMILES string of the molecule is O=C(NO)[C@H]1C[C@H](C2=CCN(C(=O)O)C2)CC[C@@H]1C(=O)N1CCN(c2ccccc2)CC1. The van der Waals surface area contributed by atoms with Crippen molar-refractivity contribution in [1.82, 2.24) is 15.3 Å². The van der Waals surface area contributed by atoms with E-state index in [2.05, 4.69) is 17.0 Å². The molecule has 172 valence electrons. The minimum Gasteiger partial charge on any atom is -0.465 e. The van der Waals surface area contributed by atoms with Crippen LogP contribution >= 0.6 is 0 Å². The van der Waals surface area contributed by atoms with Gasteiger partial charge in [0, 0.05) is 50.9 Å². The molecule has 1 saturated heterocycles. The quantitative estimate of drug-likeness (QED) is 0.372. The minimum atomic E-state index is -0.959. The number of anilines is 1. The van der Waals surface area contributed by atoms with Gasteiger partial charge in [-0.25, -0.2) is 10.3 Å². The standard InChI is InChI=1S/C23H30N4O5/c28-21(24-32)20-14-16(17-8-9-27(15-17)23(30)31)6-7-19(20)22(29)26-12-10-25(11-13-26)18-4-2-1-3-5-18/h1-5,8,16,19-20,32H,6-7,9-15H2,(H,24,28)(H,30,31)/t16-,19+,20+/m1/s1. The molecule has 9 nitrogen and oxygen atoms in total. The predicted octanol–water partition coefficient (Wildman–Crippen LogP) is 1.79. The van der Waals surface area contributed by atoms with E-state index in [0.717, 1.165) is 30.8 Å². The van der Waals surface area contributed by atoms with Crippen molar-refractivity contribution in [1.29, 1.82) is 0 Å². The Hall–Kier alpha value is -3.07. The molecule has 1 aromatic rings. The number of hydrogen-bond acceptors (Lipinski definition) is 5. The molecule has 0 spiro atoms. The summed E-state index contributed by atoms with van der Waals surface area (Å²) in [7, 11) is 0. The van der Waals surface area contributed by atoms with Gasteiger partial charge in [-0.3, -0.25) is 14.8 Å². The molecule has 3 atom stereocenters. The number of nitrogens with zero attached hydrogens (tertiary/aromatic N) is 3. The average Bonchev–Trinajstić information content (AvgIpc) is 3.34. The lowest BCUT2D eigenvalue weighted by molar-refractivity contribution is -0.147. The Morgan fingerprint density at radius 1 is 0.938 bits per heavy atom. The number of hydroxylamine groups is 1. The predicted molar refractivity (Wildman–Crippen MR) is 117 cm³/mol. The van der Waals surface area contributed by atoms with Crippen LogP contribution in [-0.4, -0.2) is 77.3 Å². The maximum atomic E-state index is 13.3. The van der Waals surface area contributed by atoms with Crippen LogP contribution in [0, 0.1) is 17.8 Å². The summed E-state index contributed by atoms with van der Waals surface area (Å²) in [5, 5.41) is 18.5. The molecule has 1 aromatic carbocycles. The molecule has 3 amide bonds. The van der Waals surface area contributed by atoms with Gasteiger partial charge >= 0.3 is 6.09 Å². The summed E-state index contributed by atoms with van der Waals surface area (Å²) in [5.74, 6) is -1.62. The Morgan fingerprint density at radius 2 is 1.66 bits per heavy atom. The normalized spacial score (nSPS) is 26.0. The third-order valence-electron chi connectivity index (χ3n) is 7.07. The van der Waals surface area contributed by atoms with E-state index in [1.807, 2.05) is 29.2 Å². The zero-order valence-electron chi connectivity index (χ0n) is 18.0. The van der Waals surface area contributed by atoms with Crippen molar-refractivity contribution in [3.05, 3.63) is 42.0 Å². The molecule has 0 aromatic heterocycles. The monoisotopic (exact) mass is 442 g/mol. The van der Waals surface area contributed by atoms with E-state index in [0.29, 0.717) is 39.0 Å². The molecule has 2 fully saturated rings. The summed E-state index contributed by atoms with van der Waals surface area (Å²) < 4.78 is 0. The number of carboxylic acid groups (broad SMARTS) is 1. The number of carbonyl (C=O) groups is 3. The Morgan fingerprint density at radius 3 is 2.28 bits per heavy atom. The number of hydrogen-bond donors (Lipinski definition) is 3. The van der Waals surface area contributed by atoms with Gasteiger partial charge in [-0.15, -0.1) is 0 Å². The van der Waals surface area contributed by atoms with E-state index in [-0.39, 0.29) is 11.8 Å². The average molecular weight is 443 g/mol. The molecule has 32 heavy (non-hydrogen) atoms. The Kier molecular flexibility index (Phi) is 6.64. The number of nitrogens with one attached hydrogen (secondary N) is 1. The van der Waals surface area contributed by atoms with E-state index in [4.69, 9.17) is 0 Å². The third kappa shape index (κ3) is 4.57. The molecular formula is C23H30N4O5. The van der Waals surface area contributed by atoms with Crippen molar-refractivity contribution in [2.75, 3.05) is 44.2 Å². The maximum absolute atomic E-state index is 13.3. The van der Waals surface area contributed by atoms with E-state index >= 15 is 0 Å². The van der Waals surface area contributed by atoms with E-state index < -0.39 is 23.8 Å². The molecule has 3 aliphatic rings. The van der Waals surface area contributed by atoms with Crippen LogP contribution in [0.5, 0.6) is 0 Å². The van der Waals surface area contributed by atoms with E-state index in [1.54, 1.807) is 5.48 Å². The zero-order valence-corrected chi connectivity index (χ0v) is 18.0. The summed E-state index contributed by atoms with van der Waals surface area (Å²) in [6.07, 6.45) is 2.67. The third-order valence-corrected chi connectivity index (χ3v) is 7.07. The number of rotatable bonds is 4. The van der Waals surface area contributed by atoms with Gasteiger partial charge in [0.05, 0.1) is 5.92 Å². The molecule has 2 heterocycles. The Bertz CT molecular complexity index is 882. The molecule has 0 unspecified atom stereocenters. The highest BCUT2D eigenvalue weighted by Crippen LogP contribution is 2.40. The van der Waals surface area contributed by atoms with Gasteiger partial charge in [-0.05, 0) is 42.9 Å². The minimum absolute atomic E-state index is 0.0303.